The van der Waals surface area contributed by atoms with Gasteiger partial charge in [0.05, 0.1) is 34.2 Å². The molecule has 0 fully saturated rings. The van der Waals surface area contributed by atoms with Crippen molar-refractivity contribution < 1.29 is 0 Å². The minimum absolute atomic E-state index is 0.157. The van der Waals surface area contributed by atoms with E-state index in [2.05, 4.69) is 109 Å². The largest absolute Gasteiger partial charge is 0.256 e. The van der Waals surface area contributed by atoms with Gasteiger partial charge in [-0.1, -0.05) is 135 Å². The van der Waals surface area contributed by atoms with Gasteiger partial charge in [0.25, 0.3) is 0 Å². The fraction of sp³-hybridized carbons (Fsp3) is 0.104. The molecule has 0 aliphatic heterocycles. The molecule has 0 saturated carbocycles. The molecular formula is C48H39N5. The molecule has 8 rings (SSSR count). The lowest BCUT2D eigenvalue weighted by Gasteiger charge is -2.33. The van der Waals surface area contributed by atoms with E-state index in [-0.39, 0.29) is 5.41 Å². The van der Waals surface area contributed by atoms with Crippen LogP contribution < -0.4 is 0 Å². The third-order valence-electron chi connectivity index (χ3n) is 10.2. The molecule has 0 N–H and O–H groups in total. The first kappa shape index (κ1) is 33.5. The lowest BCUT2D eigenvalue weighted by Crippen LogP contribution is -2.26. The molecule has 0 atom stereocenters. The molecule has 0 amide bonds. The van der Waals surface area contributed by atoms with E-state index in [9.17, 15) is 0 Å². The van der Waals surface area contributed by atoms with Gasteiger partial charge in [-0.05, 0) is 66.4 Å². The second-order valence-electron chi connectivity index (χ2n) is 13.2. The topological polar surface area (TPSA) is 64.5 Å². The predicted octanol–water partition coefficient (Wildman–Crippen LogP) is 11.8. The van der Waals surface area contributed by atoms with Gasteiger partial charge in [0.15, 0.2) is 5.82 Å². The normalized spacial score (nSPS) is 11.4. The summed E-state index contributed by atoms with van der Waals surface area (Å²) in [6, 6.07) is 56.6. The van der Waals surface area contributed by atoms with Crippen LogP contribution in [0.5, 0.6) is 0 Å². The molecule has 53 heavy (non-hydrogen) atoms. The zero-order chi connectivity index (χ0) is 36.0. The molecular weight excluding hydrogens is 647 g/mol. The van der Waals surface area contributed by atoms with Crippen molar-refractivity contribution in [3.05, 3.63) is 187 Å². The molecule has 4 heterocycles. The van der Waals surface area contributed by atoms with Gasteiger partial charge in [0, 0.05) is 45.6 Å². The second kappa shape index (κ2) is 14.9. The van der Waals surface area contributed by atoms with Gasteiger partial charge >= 0.3 is 0 Å². The van der Waals surface area contributed by atoms with Crippen LogP contribution in [-0.2, 0) is 5.41 Å². The fourth-order valence-electron chi connectivity index (χ4n) is 7.23. The minimum Gasteiger partial charge on any atom is -0.256 e. The van der Waals surface area contributed by atoms with Crippen molar-refractivity contribution in [2.24, 2.45) is 0 Å². The number of nitrogens with zero attached hydrogens (tertiary/aromatic N) is 5. The lowest BCUT2D eigenvalue weighted by atomic mass is 9.70. The van der Waals surface area contributed by atoms with Gasteiger partial charge in [-0.25, -0.2) is 15.0 Å². The Morgan fingerprint density at radius 1 is 0.358 bits per heavy atom. The summed E-state index contributed by atoms with van der Waals surface area (Å²) < 4.78 is 0. The first-order valence-electron chi connectivity index (χ1n) is 18.2. The molecule has 4 aromatic heterocycles. The van der Waals surface area contributed by atoms with Crippen molar-refractivity contribution >= 4 is 0 Å². The average molecular weight is 686 g/mol. The molecule has 0 unspecified atom stereocenters. The van der Waals surface area contributed by atoms with E-state index >= 15 is 0 Å². The third kappa shape index (κ3) is 6.89. The Morgan fingerprint density at radius 2 is 0.811 bits per heavy atom. The maximum absolute atomic E-state index is 5.14. The van der Waals surface area contributed by atoms with E-state index in [0.29, 0.717) is 5.82 Å². The Kier molecular flexibility index (Phi) is 9.46. The van der Waals surface area contributed by atoms with Crippen molar-refractivity contribution in [2.75, 3.05) is 0 Å². The first-order chi connectivity index (χ1) is 26.1. The number of aromatic nitrogens is 5. The maximum atomic E-state index is 5.14. The molecule has 0 radical (unpaired) electrons. The summed E-state index contributed by atoms with van der Waals surface area (Å²) in [6.45, 7) is 4.57. The molecule has 0 bridgehead atoms. The van der Waals surface area contributed by atoms with Gasteiger partial charge < -0.3 is 0 Å². The van der Waals surface area contributed by atoms with E-state index < -0.39 is 0 Å². The first-order valence-corrected chi connectivity index (χ1v) is 18.2. The van der Waals surface area contributed by atoms with Crippen LogP contribution in [0.15, 0.2) is 176 Å². The van der Waals surface area contributed by atoms with E-state index in [0.717, 1.165) is 74.8 Å². The molecule has 4 aromatic carbocycles. The van der Waals surface area contributed by atoms with Crippen molar-refractivity contribution in [1.82, 2.24) is 24.9 Å². The summed E-state index contributed by atoms with van der Waals surface area (Å²) in [4.78, 5) is 24.3. The van der Waals surface area contributed by atoms with Gasteiger partial charge in [0.1, 0.15) is 0 Å². The van der Waals surface area contributed by atoms with Gasteiger partial charge in [-0.3, -0.25) is 9.97 Å². The zero-order valence-electron chi connectivity index (χ0n) is 29.9. The van der Waals surface area contributed by atoms with E-state index in [1.807, 2.05) is 85.1 Å². The van der Waals surface area contributed by atoms with Gasteiger partial charge in [0.2, 0.25) is 0 Å². The molecule has 8 aromatic rings. The number of pyridine rings is 3. The average Bonchev–Trinajstić information content (AvgIpc) is 3.26. The van der Waals surface area contributed by atoms with Crippen LogP contribution in [-0.4, -0.2) is 24.9 Å². The molecule has 5 heteroatoms. The quantitative estimate of drug-likeness (QED) is 0.143. The summed E-state index contributed by atoms with van der Waals surface area (Å²) in [5.74, 6) is 0.681. The second-order valence-corrected chi connectivity index (χ2v) is 13.2. The van der Waals surface area contributed by atoms with Crippen LogP contribution in [0.3, 0.4) is 0 Å². The molecule has 0 aliphatic carbocycles. The summed E-state index contributed by atoms with van der Waals surface area (Å²) in [5.41, 5.74) is 12.9. The Hall–Kier alpha value is -6.59. The molecule has 0 saturated heterocycles. The summed E-state index contributed by atoms with van der Waals surface area (Å²) >= 11 is 0. The van der Waals surface area contributed by atoms with Crippen LogP contribution in [0.1, 0.15) is 37.8 Å². The Labute approximate surface area is 311 Å². The highest BCUT2D eigenvalue weighted by Gasteiger charge is 2.31. The maximum Gasteiger partial charge on any atom is 0.160 e. The number of hydrogen-bond donors (Lipinski definition) is 0. The number of rotatable bonds is 10. The fourth-order valence-corrected chi connectivity index (χ4v) is 7.23. The van der Waals surface area contributed by atoms with Crippen LogP contribution in [0, 0.1) is 0 Å². The SMILES string of the molecule is CCC(CC)(c1ccc(-c2cc(-c3ccccn3)cc(-c3ccccc3)n2)cc1)c1ccc(-c2cc(-c3ccccn3)nc(-c3ccccc3)n2)cc1. The predicted molar refractivity (Wildman–Crippen MR) is 216 cm³/mol. The van der Waals surface area contributed by atoms with Crippen LogP contribution in [0.4, 0.5) is 0 Å². The van der Waals surface area contributed by atoms with Crippen LogP contribution in [0.25, 0.3) is 67.8 Å². The molecule has 0 spiro atoms. The summed E-state index contributed by atoms with van der Waals surface area (Å²) in [7, 11) is 0. The lowest BCUT2D eigenvalue weighted by molar-refractivity contribution is 0.478. The Balaban J connectivity index is 1.14. The highest BCUT2D eigenvalue weighted by Crippen LogP contribution is 2.41. The third-order valence-corrected chi connectivity index (χ3v) is 10.2. The summed E-state index contributed by atoms with van der Waals surface area (Å²) in [5, 5.41) is 0. The van der Waals surface area contributed by atoms with Gasteiger partial charge in [-0.15, -0.1) is 0 Å². The Morgan fingerprint density at radius 3 is 1.32 bits per heavy atom. The van der Waals surface area contributed by atoms with E-state index in [4.69, 9.17) is 15.0 Å². The Bertz CT molecular complexity index is 2140. The number of hydrogen-bond acceptors (Lipinski definition) is 5. The van der Waals surface area contributed by atoms with Crippen molar-refractivity contribution in [3.8, 4) is 67.8 Å². The van der Waals surface area contributed by atoms with Crippen LogP contribution >= 0.6 is 0 Å². The van der Waals surface area contributed by atoms with Crippen LogP contribution in [0.2, 0.25) is 0 Å². The smallest absolute Gasteiger partial charge is 0.160 e. The highest BCUT2D eigenvalue weighted by molar-refractivity contribution is 5.76. The molecule has 256 valence electrons. The van der Waals surface area contributed by atoms with Crippen molar-refractivity contribution in [2.45, 2.75) is 32.1 Å². The number of benzene rings is 4. The summed E-state index contributed by atoms with van der Waals surface area (Å²) in [6.07, 6.45) is 5.56. The minimum atomic E-state index is -0.157. The standard InChI is InChI=1S/C48H39N5/c1-3-48(4-2,39-25-21-35(22-26-39)44-32-38(41-19-11-13-29-49-41)31-43(51-44)34-15-7-5-8-16-34)40-27-23-36(24-28-40)45-33-46(42-20-12-14-30-50-42)53-47(52-45)37-17-9-6-10-18-37/h5-33H,3-4H2,1-2H3. The van der Waals surface area contributed by atoms with Gasteiger partial charge in [-0.2, -0.15) is 0 Å². The highest BCUT2D eigenvalue weighted by atomic mass is 14.9. The zero-order valence-corrected chi connectivity index (χ0v) is 29.9. The molecule has 5 nitrogen and oxygen atoms in total. The van der Waals surface area contributed by atoms with Crippen molar-refractivity contribution in [3.63, 3.8) is 0 Å². The van der Waals surface area contributed by atoms with Crippen molar-refractivity contribution in [1.29, 1.82) is 0 Å². The van der Waals surface area contributed by atoms with E-state index in [1.165, 1.54) is 11.1 Å². The van der Waals surface area contributed by atoms with E-state index in [1.54, 1.807) is 6.20 Å². The molecule has 0 aliphatic rings. The monoisotopic (exact) mass is 685 g/mol.